The molecule has 1 N–H and O–H groups in total. The quantitative estimate of drug-likeness (QED) is 0.311. The first-order chi connectivity index (χ1) is 22.7. The number of likely N-dealkylation sites (tertiary alicyclic amines) is 1. The van der Waals surface area contributed by atoms with E-state index < -0.39 is 22.9 Å². The van der Waals surface area contributed by atoms with Crippen molar-refractivity contribution >= 4 is 23.4 Å². The Balaban J connectivity index is 1.64. The summed E-state index contributed by atoms with van der Waals surface area (Å²) in [6, 6.07) is 8.92. The maximum Gasteiger partial charge on any atom is 0.416 e. The topological polar surface area (TPSA) is 130 Å². The number of phenols is 1. The molecule has 250 valence electrons. The predicted octanol–water partition coefficient (Wildman–Crippen LogP) is 6.64. The van der Waals surface area contributed by atoms with Crippen LogP contribution in [0.1, 0.15) is 73.6 Å². The van der Waals surface area contributed by atoms with Gasteiger partial charge in [-0.1, -0.05) is 24.4 Å². The van der Waals surface area contributed by atoms with Gasteiger partial charge in [-0.25, -0.2) is 4.57 Å². The van der Waals surface area contributed by atoms with Crippen molar-refractivity contribution in [3.05, 3.63) is 74.0 Å². The molecule has 1 saturated heterocycles. The second kappa shape index (κ2) is 13.7. The van der Waals surface area contributed by atoms with Crippen molar-refractivity contribution in [1.29, 1.82) is 10.5 Å². The maximum absolute atomic E-state index is 13.7. The predicted molar refractivity (Wildman–Crippen MR) is 172 cm³/mol. The van der Waals surface area contributed by atoms with Crippen LogP contribution in [0.4, 0.5) is 13.2 Å². The molecule has 0 bridgehead atoms. The highest BCUT2D eigenvalue weighted by atomic mass is 35.5. The molecular formula is C35H33ClF3N5O4. The molecule has 3 aromatic rings. The zero-order valence-corrected chi connectivity index (χ0v) is 27.2. The highest BCUT2D eigenvalue weighted by molar-refractivity contribution is 6.33. The zero-order valence-electron chi connectivity index (χ0n) is 26.4. The monoisotopic (exact) mass is 679 g/mol. The number of pyridine rings is 1. The second-order valence-corrected chi connectivity index (χ2v) is 12.8. The van der Waals surface area contributed by atoms with Gasteiger partial charge in [-0.3, -0.25) is 14.4 Å². The van der Waals surface area contributed by atoms with Crippen LogP contribution in [0, 0.1) is 28.7 Å². The van der Waals surface area contributed by atoms with Crippen molar-refractivity contribution in [2.75, 3.05) is 20.1 Å². The second-order valence-electron chi connectivity index (χ2n) is 12.4. The summed E-state index contributed by atoms with van der Waals surface area (Å²) in [7, 11) is 1.61. The summed E-state index contributed by atoms with van der Waals surface area (Å²) >= 11 is 6.32. The molecule has 48 heavy (non-hydrogen) atoms. The highest BCUT2D eigenvalue weighted by Gasteiger charge is 2.33. The lowest BCUT2D eigenvalue weighted by molar-refractivity contribution is -0.139. The fraction of sp³-hybridized carbons (Fsp3) is 0.400. The summed E-state index contributed by atoms with van der Waals surface area (Å²) < 4.78 is 41.6. The smallest absolute Gasteiger partial charge is 0.416 e. The molecular weight excluding hydrogens is 647 g/mol. The average Bonchev–Trinajstić information content (AvgIpc) is 3.60. The molecule has 5 rings (SSSR count). The van der Waals surface area contributed by atoms with Gasteiger partial charge >= 0.3 is 6.18 Å². The van der Waals surface area contributed by atoms with Crippen LogP contribution in [0.25, 0.3) is 22.4 Å². The molecule has 0 spiro atoms. The molecule has 0 unspecified atom stereocenters. The Labute approximate surface area is 280 Å². The number of amides is 2. The lowest BCUT2D eigenvalue weighted by Crippen LogP contribution is -2.42. The van der Waals surface area contributed by atoms with Crippen molar-refractivity contribution < 1.29 is 27.9 Å². The summed E-state index contributed by atoms with van der Waals surface area (Å²) in [6.07, 6.45) is 1.69. The number of aromatic hydroxyl groups is 1. The Kier molecular flexibility index (Phi) is 9.88. The van der Waals surface area contributed by atoms with Gasteiger partial charge in [0.25, 0.3) is 5.56 Å². The normalized spacial score (nSPS) is 15.6. The summed E-state index contributed by atoms with van der Waals surface area (Å²) in [5.41, 5.74) is -2.11. The molecule has 2 heterocycles. The molecule has 1 aliphatic carbocycles. The van der Waals surface area contributed by atoms with Crippen LogP contribution in [0.2, 0.25) is 5.02 Å². The van der Waals surface area contributed by atoms with Crippen LogP contribution < -0.4 is 5.56 Å². The van der Waals surface area contributed by atoms with Crippen molar-refractivity contribution in [1.82, 2.24) is 14.4 Å². The largest absolute Gasteiger partial charge is 0.507 e. The molecule has 1 aliphatic heterocycles. The molecule has 2 aliphatic rings. The van der Waals surface area contributed by atoms with Crippen LogP contribution in [0.3, 0.4) is 0 Å². The van der Waals surface area contributed by atoms with Crippen molar-refractivity contribution in [2.24, 2.45) is 5.92 Å². The van der Waals surface area contributed by atoms with E-state index in [1.54, 1.807) is 36.3 Å². The molecule has 1 saturated carbocycles. The van der Waals surface area contributed by atoms with Crippen LogP contribution in [-0.4, -0.2) is 51.4 Å². The molecule has 2 aromatic carbocycles. The van der Waals surface area contributed by atoms with Gasteiger partial charge in [0.05, 0.1) is 11.3 Å². The van der Waals surface area contributed by atoms with Crippen LogP contribution in [-0.2, 0) is 22.3 Å². The SMILES string of the molecule is CC(=O)N1CCC(C(=O)N(C)Cc2cc(C3CCCC3)cc(-c3cc(-c4cc(C(F)(F)F)ccc4Cl)c(C#N)c(=O)n3C#N)c2O)CC1. The molecule has 13 heteroatoms. The summed E-state index contributed by atoms with van der Waals surface area (Å²) in [5.74, 6) is -0.742. The Hall–Kier alpha value is -4.81. The Morgan fingerprint density at radius 1 is 1.02 bits per heavy atom. The van der Waals surface area contributed by atoms with Gasteiger partial charge < -0.3 is 14.9 Å². The van der Waals surface area contributed by atoms with Gasteiger partial charge in [-0.05, 0) is 73.6 Å². The van der Waals surface area contributed by atoms with Gasteiger partial charge in [-0.2, -0.15) is 23.7 Å². The van der Waals surface area contributed by atoms with Crippen LogP contribution in [0.5, 0.6) is 5.75 Å². The van der Waals surface area contributed by atoms with Gasteiger partial charge in [0.1, 0.15) is 17.4 Å². The molecule has 1 aromatic heterocycles. The first-order valence-corrected chi connectivity index (χ1v) is 16.0. The number of carbonyl (C=O) groups excluding carboxylic acids is 2. The van der Waals surface area contributed by atoms with E-state index in [4.69, 9.17) is 11.6 Å². The van der Waals surface area contributed by atoms with E-state index in [0.717, 1.165) is 49.4 Å². The third-order valence-electron chi connectivity index (χ3n) is 9.39. The minimum absolute atomic E-state index is 0.00940. The van der Waals surface area contributed by atoms with Crippen molar-refractivity contribution in [2.45, 2.75) is 64.1 Å². The Morgan fingerprint density at radius 2 is 1.69 bits per heavy atom. The Bertz CT molecular complexity index is 1910. The summed E-state index contributed by atoms with van der Waals surface area (Å²) in [6.45, 7) is 2.41. The fourth-order valence-electron chi connectivity index (χ4n) is 6.75. The number of nitrogens with zero attached hydrogens (tertiary/aromatic N) is 5. The molecule has 0 radical (unpaired) electrons. The minimum Gasteiger partial charge on any atom is -0.507 e. The number of aromatic nitrogens is 1. The van der Waals surface area contributed by atoms with Crippen LogP contribution in [0.15, 0.2) is 41.2 Å². The Morgan fingerprint density at radius 3 is 2.27 bits per heavy atom. The van der Waals surface area contributed by atoms with Gasteiger partial charge in [0, 0.05) is 66.8 Å². The lowest BCUT2D eigenvalue weighted by Gasteiger charge is -2.33. The number of benzene rings is 2. The number of phenolic OH excluding ortho intramolecular Hbond substituents is 1. The number of halogens is 4. The number of alkyl halides is 3. The molecule has 0 atom stereocenters. The average molecular weight is 680 g/mol. The van der Waals surface area contributed by atoms with E-state index in [2.05, 4.69) is 0 Å². The van der Waals surface area contributed by atoms with Gasteiger partial charge in [-0.15, -0.1) is 0 Å². The third kappa shape index (κ3) is 6.76. The number of carbonyl (C=O) groups is 2. The van der Waals surface area contributed by atoms with Gasteiger partial charge in [0.15, 0.2) is 6.19 Å². The molecule has 2 amide bonds. The van der Waals surface area contributed by atoms with E-state index in [9.17, 15) is 43.2 Å². The maximum atomic E-state index is 13.7. The third-order valence-corrected chi connectivity index (χ3v) is 9.72. The molecule has 2 fully saturated rings. The van der Waals surface area contributed by atoms with Crippen molar-refractivity contribution in [3.8, 4) is 40.4 Å². The number of nitriles is 2. The van der Waals surface area contributed by atoms with Crippen molar-refractivity contribution in [3.63, 3.8) is 0 Å². The summed E-state index contributed by atoms with van der Waals surface area (Å²) in [4.78, 5) is 42.0. The standard InChI is InChI=1S/C35H33ClF3N5O4/c1-20(45)43-11-9-22(10-12-43)33(47)42(2)18-24-13-23(21-5-3-4-6-21)14-28(32(24)46)31-16-26(29(17-40)34(48)44(31)19-41)27-15-25(35(37,38)39)7-8-30(27)36/h7-8,13-16,21-22,46H,3-6,9-12,18H2,1-2H3. The first-order valence-electron chi connectivity index (χ1n) is 15.6. The number of hydrogen-bond donors (Lipinski definition) is 1. The van der Waals surface area contributed by atoms with E-state index in [0.29, 0.717) is 36.1 Å². The minimum atomic E-state index is -4.74. The summed E-state index contributed by atoms with van der Waals surface area (Å²) in [5, 5.41) is 31.5. The number of hydrogen-bond acceptors (Lipinski definition) is 6. The number of rotatable bonds is 6. The number of piperidine rings is 1. The van der Waals surface area contributed by atoms with E-state index in [-0.39, 0.29) is 63.4 Å². The fourth-order valence-corrected chi connectivity index (χ4v) is 6.97. The van der Waals surface area contributed by atoms with Gasteiger partial charge in [0.2, 0.25) is 11.8 Å². The van der Waals surface area contributed by atoms with E-state index in [1.165, 1.54) is 17.9 Å². The molecule has 9 nitrogen and oxygen atoms in total. The van der Waals surface area contributed by atoms with E-state index >= 15 is 0 Å². The highest BCUT2D eigenvalue weighted by Crippen LogP contribution is 2.43. The van der Waals surface area contributed by atoms with Crippen LogP contribution >= 0.6 is 11.6 Å². The van der Waals surface area contributed by atoms with E-state index in [1.807, 2.05) is 0 Å². The lowest BCUT2D eigenvalue weighted by atomic mass is 9.90. The zero-order chi connectivity index (χ0) is 34.9. The first kappa shape index (κ1) is 34.5.